The summed E-state index contributed by atoms with van der Waals surface area (Å²) in [4.78, 5) is 15.2. The molecule has 0 amide bonds. The largest absolute Gasteiger partial charge is 0.495 e. The summed E-state index contributed by atoms with van der Waals surface area (Å²) in [5.74, 6) is 0.418. The van der Waals surface area contributed by atoms with Crippen molar-refractivity contribution in [1.29, 1.82) is 0 Å². The Morgan fingerprint density at radius 2 is 2.04 bits per heavy atom. The Kier molecular flexibility index (Phi) is 5.18. The number of hydrogen-bond acceptors (Lipinski definition) is 3. The van der Waals surface area contributed by atoms with E-state index in [9.17, 15) is 9.00 Å². The van der Waals surface area contributed by atoms with Gasteiger partial charge in [0.15, 0.2) is 0 Å². The molecule has 2 rings (SSSR count). The van der Waals surface area contributed by atoms with Gasteiger partial charge in [-0.1, -0.05) is 18.5 Å². The highest BCUT2D eigenvalue weighted by Gasteiger charge is 2.27. The fraction of sp³-hybridized carbons (Fsp3) is 0.438. The van der Waals surface area contributed by atoms with Crippen LogP contribution in [0.4, 0.5) is 0 Å². The normalized spacial score (nSPS) is 14.7. The zero-order valence-electron chi connectivity index (χ0n) is 13.6. The highest BCUT2D eigenvalue weighted by Crippen LogP contribution is 2.31. The van der Waals surface area contributed by atoms with E-state index in [4.69, 9.17) is 21.5 Å². The standard InChI is InChI=1S/C16H21ClN2O3S/c1-9(8-16(2,3)23(18)21)11-5-10-6-12(17)14(22-4)7-13(10)19-15(11)20/h5-7,9H,8,18H2,1-4H3,(H,19,20)/t9-,23?/m0/s1. The summed E-state index contributed by atoms with van der Waals surface area (Å²) < 4.78 is 16.2. The van der Waals surface area contributed by atoms with Gasteiger partial charge in [-0.3, -0.25) is 9.93 Å². The van der Waals surface area contributed by atoms with Crippen molar-refractivity contribution >= 4 is 33.5 Å². The van der Waals surface area contributed by atoms with Crippen LogP contribution in [0.25, 0.3) is 10.9 Å². The first-order valence-electron chi connectivity index (χ1n) is 7.22. The van der Waals surface area contributed by atoms with Gasteiger partial charge in [0.25, 0.3) is 5.56 Å². The molecule has 0 spiro atoms. The Balaban J connectivity index is 2.48. The van der Waals surface area contributed by atoms with Crippen molar-refractivity contribution in [3.05, 3.63) is 39.1 Å². The van der Waals surface area contributed by atoms with Crippen molar-refractivity contribution in [3.63, 3.8) is 0 Å². The van der Waals surface area contributed by atoms with Crippen LogP contribution in [0.2, 0.25) is 5.02 Å². The zero-order chi connectivity index (χ0) is 17.4. The van der Waals surface area contributed by atoms with Gasteiger partial charge in [0.1, 0.15) is 5.75 Å². The molecule has 0 saturated carbocycles. The monoisotopic (exact) mass is 356 g/mol. The number of ether oxygens (including phenoxy) is 1. The predicted octanol–water partition coefficient (Wildman–Crippen LogP) is 3.08. The van der Waals surface area contributed by atoms with Crippen LogP contribution in [0.5, 0.6) is 5.75 Å². The number of hydrogen-bond donors (Lipinski definition) is 2. The third-order valence-electron chi connectivity index (χ3n) is 4.02. The molecule has 1 heterocycles. The Morgan fingerprint density at radius 1 is 1.39 bits per heavy atom. The summed E-state index contributed by atoms with van der Waals surface area (Å²) in [7, 11) is 0.0625. The van der Waals surface area contributed by atoms with Crippen LogP contribution < -0.4 is 15.4 Å². The molecular formula is C16H21ClN2O3S. The van der Waals surface area contributed by atoms with Gasteiger partial charge in [-0.15, -0.1) is 0 Å². The van der Waals surface area contributed by atoms with Crippen molar-refractivity contribution < 1.29 is 8.95 Å². The van der Waals surface area contributed by atoms with Gasteiger partial charge in [0.05, 0.1) is 33.4 Å². The molecule has 0 saturated heterocycles. The van der Waals surface area contributed by atoms with Gasteiger partial charge in [0, 0.05) is 17.0 Å². The Bertz CT molecular complexity index is 817. The number of fused-ring (bicyclic) bond motifs is 1. The summed E-state index contributed by atoms with van der Waals surface area (Å²) >= 11 is 6.15. The molecule has 1 aromatic heterocycles. The van der Waals surface area contributed by atoms with Crippen molar-refractivity contribution in [1.82, 2.24) is 4.98 Å². The smallest absolute Gasteiger partial charge is 0.251 e. The third kappa shape index (κ3) is 3.76. The highest BCUT2D eigenvalue weighted by atomic mass is 35.5. The minimum absolute atomic E-state index is 0.0912. The molecule has 5 nitrogen and oxygen atoms in total. The number of nitrogens with one attached hydrogen (secondary N) is 1. The van der Waals surface area contributed by atoms with Gasteiger partial charge in [-0.05, 0) is 38.3 Å². The molecule has 23 heavy (non-hydrogen) atoms. The minimum atomic E-state index is -1.46. The third-order valence-corrected chi connectivity index (χ3v) is 5.57. The number of aromatic nitrogens is 1. The average Bonchev–Trinajstić information content (AvgIpc) is 2.45. The Labute approximate surface area is 142 Å². The second-order valence-electron chi connectivity index (χ2n) is 6.29. The lowest BCUT2D eigenvalue weighted by atomic mass is 9.91. The number of halogens is 1. The summed E-state index contributed by atoms with van der Waals surface area (Å²) in [5, 5.41) is 6.84. The van der Waals surface area contributed by atoms with Gasteiger partial charge in [-0.2, -0.15) is 0 Å². The van der Waals surface area contributed by atoms with E-state index in [1.807, 2.05) is 26.8 Å². The molecule has 0 fully saturated rings. The fourth-order valence-electron chi connectivity index (χ4n) is 2.68. The van der Waals surface area contributed by atoms with Crippen LogP contribution in [-0.4, -0.2) is 21.0 Å². The Morgan fingerprint density at radius 3 is 2.61 bits per heavy atom. The molecule has 3 N–H and O–H groups in total. The second kappa shape index (κ2) is 6.63. The van der Waals surface area contributed by atoms with E-state index >= 15 is 0 Å². The molecule has 0 bridgehead atoms. The van der Waals surface area contributed by atoms with Gasteiger partial charge in [0.2, 0.25) is 0 Å². The molecule has 1 aromatic carbocycles. The first kappa shape index (κ1) is 18.0. The maximum absolute atomic E-state index is 12.4. The first-order chi connectivity index (χ1) is 10.7. The number of benzene rings is 1. The minimum Gasteiger partial charge on any atom is -0.495 e. The summed E-state index contributed by atoms with van der Waals surface area (Å²) in [6, 6.07) is 5.28. The summed E-state index contributed by atoms with van der Waals surface area (Å²) in [6.45, 7) is 5.59. The van der Waals surface area contributed by atoms with Crippen LogP contribution >= 0.6 is 11.6 Å². The average molecular weight is 357 g/mol. The van der Waals surface area contributed by atoms with Crippen molar-refractivity contribution in [3.8, 4) is 5.75 Å². The fourth-order valence-corrected chi connectivity index (χ4v) is 3.34. The molecule has 0 aliphatic heterocycles. The lowest BCUT2D eigenvalue weighted by Crippen LogP contribution is -2.34. The number of rotatable bonds is 5. The molecule has 2 aromatic rings. The molecule has 2 atom stereocenters. The lowest BCUT2D eigenvalue weighted by Gasteiger charge is -2.25. The SMILES string of the molecule is COc1cc2[nH]c(=O)c([C@@H](C)CC(C)(C)S(N)=O)cc2cc1Cl. The van der Waals surface area contributed by atoms with Gasteiger partial charge < -0.3 is 9.72 Å². The first-order valence-corrected chi connectivity index (χ1v) is 8.81. The van der Waals surface area contributed by atoms with E-state index < -0.39 is 15.7 Å². The second-order valence-corrected chi connectivity index (χ2v) is 8.40. The lowest BCUT2D eigenvalue weighted by molar-refractivity contribution is 0.415. The molecule has 0 radical (unpaired) electrons. The van der Waals surface area contributed by atoms with Crippen LogP contribution in [0.3, 0.4) is 0 Å². The molecule has 1 unspecified atom stereocenters. The van der Waals surface area contributed by atoms with E-state index in [0.29, 0.717) is 28.3 Å². The molecule has 0 aliphatic carbocycles. The van der Waals surface area contributed by atoms with E-state index in [2.05, 4.69) is 4.98 Å². The summed E-state index contributed by atoms with van der Waals surface area (Å²) in [6.07, 6.45) is 0.536. The van der Waals surface area contributed by atoms with Crippen molar-refractivity contribution in [2.24, 2.45) is 5.14 Å². The molecule has 7 heteroatoms. The topological polar surface area (TPSA) is 85.2 Å². The van der Waals surface area contributed by atoms with Gasteiger partial charge in [-0.25, -0.2) is 4.21 Å². The van der Waals surface area contributed by atoms with E-state index in [-0.39, 0.29) is 11.5 Å². The number of H-pyrrole nitrogens is 1. The number of nitrogens with two attached hydrogens (primary N) is 1. The molecular weight excluding hydrogens is 336 g/mol. The van der Waals surface area contributed by atoms with E-state index in [0.717, 1.165) is 5.39 Å². The number of pyridine rings is 1. The van der Waals surface area contributed by atoms with E-state index in [1.54, 1.807) is 12.1 Å². The Hall–Kier alpha value is -1.37. The maximum Gasteiger partial charge on any atom is 0.251 e. The zero-order valence-corrected chi connectivity index (χ0v) is 15.2. The van der Waals surface area contributed by atoms with Crippen molar-refractivity contribution in [2.45, 2.75) is 37.9 Å². The van der Waals surface area contributed by atoms with E-state index in [1.165, 1.54) is 7.11 Å². The van der Waals surface area contributed by atoms with Crippen molar-refractivity contribution in [2.75, 3.05) is 7.11 Å². The quantitative estimate of drug-likeness (QED) is 0.863. The van der Waals surface area contributed by atoms with Crippen LogP contribution in [0.1, 0.15) is 38.7 Å². The highest BCUT2D eigenvalue weighted by molar-refractivity contribution is 7.84. The maximum atomic E-state index is 12.4. The van der Waals surface area contributed by atoms with Crippen LogP contribution in [0.15, 0.2) is 23.0 Å². The van der Waals surface area contributed by atoms with Gasteiger partial charge >= 0.3 is 0 Å². The summed E-state index contributed by atoms with van der Waals surface area (Å²) in [5.41, 5.74) is 1.11. The predicted molar refractivity (Wildman–Crippen MR) is 95.6 cm³/mol. The molecule has 0 aliphatic rings. The molecule has 126 valence electrons. The van der Waals surface area contributed by atoms with Crippen LogP contribution in [-0.2, 0) is 11.0 Å². The number of methoxy groups -OCH3 is 1. The van der Waals surface area contributed by atoms with Crippen LogP contribution in [0, 0.1) is 0 Å². The number of aromatic amines is 1.